The molecule has 0 radical (unpaired) electrons. The van der Waals surface area contributed by atoms with Crippen LogP contribution < -0.4 is 5.32 Å². The van der Waals surface area contributed by atoms with Gasteiger partial charge in [-0.15, -0.1) is 11.3 Å². The summed E-state index contributed by atoms with van der Waals surface area (Å²) >= 11 is 0.778. The maximum absolute atomic E-state index is 14.5. The first-order valence-electron chi connectivity index (χ1n) is 9.34. The molecule has 0 saturated heterocycles. The standard InChI is InChI=1S/C21H18FN3O6S2/c1-12-5-6-13(11-25-12)33(29,30)21-15(14-4-3-9-24-19(14)22)10-16(32-21)20(23-2)31-18(28)8-7-17(26)27/h3-11,20,23H,1-2H3,(H,26,27)/b8-7+. The Morgan fingerprint density at radius 3 is 2.58 bits per heavy atom. The summed E-state index contributed by atoms with van der Waals surface area (Å²) in [7, 11) is -2.66. The van der Waals surface area contributed by atoms with E-state index in [-0.39, 0.29) is 25.1 Å². The van der Waals surface area contributed by atoms with Crippen molar-refractivity contribution in [2.45, 2.75) is 22.3 Å². The number of halogens is 1. The number of aliphatic carboxylic acids is 1. The number of nitrogens with one attached hydrogen (secondary N) is 1. The number of nitrogens with zero attached hydrogens (tertiary/aromatic N) is 2. The maximum Gasteiger partial charge on any atom is 0.332 e. The van der Waals surface area contributed by atoms with Gasteiger partial charge in [0, 0.05) is 41.4 Å². The average Bonchev–Trinajstić information content (AvgIpc) is 3.22. The SMILES string of the molecule is CNC(OC(=O)/C=C/C(=O)O)c1cc(-c2cccnc2F)c(S(=O)(=O)c2ccc(C)nc2)s1. The second-order valence-corrected chi connectivity index (χ2v) is 9.84. The highest BCUT2D eigenvalue weighted by Gasteiger charge is 2.30. The summed E-state index contributed by atoms with van der Waals surface area (Å²) in [4.78, 5) is 30.3. The Hall–Kier alpha value is -3.48. The Kier molecular flexibility index (Phi) is 7.31. The summed E-state index contributed by atoms with van der Waals surface area (Å²) in [5, 5.41) is 11.4. The molecule has 3 aromatic rings. The fraction of sp³-hybridized carbons (Fsp3) is 0.143. The van der Waals surface area contributed by atoms with Crippen LogP contribution in [0.3, 0.4) is 0 Å². The van der Waals surface area contributed by atoms with Gasteiger partial charge in [0.2, 0.25) is 15.8 Å². The predicted octanol–water partition coefficient (Wildman–Crippen LogP) is 2.89. The van der Waals surface area contributed by atoms with E-state index in [4.69, 9.17) is 9.84 Å². The van der Waals surface area contributed by atoms with Crippen molar-refractivity contribution in [3.05, 3.63) is 71.4 Å². The number of carbonyl (C=O) groups excluding carboxylic acids is 1. The summed E-state index contributed by atoms with van der Waals surface area (Å²) < 4.78 is 46.3. The molecule has 3 heterocycles. The van der Waals surface area contributed by atoms with E-state index in [2.05, 4.69) is 15.3 Å². The van der Waals surface area contributed by atoms with Gasteiger partial charge in [0.05, 0.1) is 9.77 Å². The maximum atomic E-state index is 14.5. The molecule has 9 nitrogen and oxygen atoms in total. The molecule has 12 heteroatoms. The van der Waals surface area contributed by atoms with Gasteiger partial charge < -0.3 is 9.84 Å². The molecule has 0 amide bonds. The molecule has 172 valence electrons. The van der Waals surface area contributed by atoms with E-state index in [0.717, 1.165) is 17.4 Å². The monoisotopic (exact) mass is 491 g/mol. The Morgan fingerprint density at radius 1 is 1.21 bits per heavy atom. The van der Waals surface area contributed by atoms with E-state index in [1.807, 2.05) is 0 Å². The number of aryl methyl sites for hydroxylation is 1. The lowest BCUT2D eigenvalue weighted by atomic mass is 10.1. The number of hydrogen-bond donors (Lipinski definition) is 2. The highest BCUT2D eigenvalue weighted by molar-refractivity contribution is 7.93. The molecule has 2 N–H and O–H groups in total. The Morgan fingerprint density at radius 2 is 1.97 bits per heavy atom. The van der Waals surface area contributed by atoms with Gasteiger partial charge in [-0.3, -0.25) is 10.3 Å². The number of pyridine rings is 2. The molecule has 1 atom stereocenters. The minimum Gasteiger partial charge on any atom is -0.478 e. The summed E-state index contributed by atoms with van der Waals surface area (Å²) in [6.45, 7) is 1.71. The number of carboxylic acid groups (broad SMARTS) is 1. The van der Waals surface area contributed by atoms with E-state index in [1.165, 1.54) is 43.7 Å². The normalized spacial score (nSPS) is 12.6. The van der Waals surface area contributed by atoms with Crippen LogP contribution in [-0.4, -0.2) is 42.5 Å². The van der Waals surface area contributed by atoms with Crippen LogP contribution >= 0.6 is 11.3 Å². The number of sulfone groups is 1. The molecular formula is C21H18FN3O6S2. The molecular weight excluding hydrogens is 473 g/mol. The first-order valence-corrected chi connectivity index (χ1v) is 11.6. The third-order valence-electron chi connectivity index (χ3n) is 4.32. The van der Waals surface area contributed by atoms with Crippen molar-refractivity contribution < 1.29 is 32.2 Å². The van der Waals surface area contributed by atoms with Crippen LogP contribution in [-0.2, 0) is 24.2 Å². The molecule has 3 rings (SSSR count). The first kappa shape index (κ1) is 24.2. The number of hydrogen-bond acceptors (Lipinski definition) is 9. The number of esters is 1. The predicted molar refractivity (Wildman–Crippen MR) is 117 cm³/mol. The molecule has 0 saturated carbocycles. The molecule has 33 heavy (non-hydrogen) atoms. The minimum absolute atomic E-state index is 0.0403. The van der Waals surface area contributed by atoms with E-state index < -0.39 is 34.0 Å². The number of carbonyl (C=O) groups is 2. The first-order chi connectivity index (χ1) is 15.6. The van der Waals surface area contributed by atoms with E-state index in [0.29, 0.717) is 11.8 Å². The average molecular weight is 492 g/mol. The highest BCUT2D eigenvalue weighted by atomic mass is 32.2. The molecule has 1 unspecified atom stereocenters. The van der Waals surface area contributed by atoms with Gasteiger partial charge in [-0.25, -0.2) is 23.0 Å². The molecule has 0 aliphatic rings. The molecule has 0 bridgehead atoms. The van der Waals surface area contributed by atoms with E-state index in [1.54, 1.807) is 13.0 Å². The molecule has 0 spiro atoms. The van der Waals surface area contributed by atoms with Crippen molar-refractivity contribution in [1.29, 1.82) is 0 Å². The van der Waals surface area contributed by atoms with Crippen molar-refractivity contribution in [1.82, 2.24) is 15.3 Å². The summed E-state index contributed by atoms with van der Waals surface area (Å²) in [5.74, 6) is -3.17. The third-order valence-corrected chi connectivity index (χ3v) is 7.77. The van der Waals surface area contributed by atoms with Gasteiger partial charge in [-0.1, -0.05) is 0 Å². The van der Waals surface area contributed by atoms with Crippen molar-refractivity contribution in [3.8, 4) is 11.1 Å². The molecule has 3 aromatic heterocycles. The topological polar surface area (TPSA) is 136 Å². The molecule has 0 aromatic carbocycles. The van der Waals surface area contributed by atoms with Crippen molar-refractivity contribution >= 4 is 33.1 Å². The van der Waals surface area contributed by atoms with Gasteiger partial charge in [-0.05, 0) is 44.3 Å². The van der Waals surface area contributed by atoms with Gasteiger partial charge >= 0.3 is 11.9 Å². The molecule has 0 aliphatic heterocycles. The summed E-state index contributed by atoms with van der Waals surface area (Å²) in [5.41, 5.74) is 0.611. The Bertz CT molecular complexity index is 1320. The number of carboxylic acids is 1. The molecule has 0 aliphatic carbocycles. The van der Waals surface area contributed by atoms with Crippen molar-refractivity contribution in [3.63, 3.8) is 0 Å². The van der Waals surface area contributed by atoms with Crippen LogP contribution in [0.4, 0.5) is 4.39 Å². The number of rotatable bonds is 8. The molecule has 0 fully saturated rings. The van der Waals surface area contributed by atoms with E-state index >= 15 is 0 Å². The fourth-order valence-electron chi connectivity index (χ4n) is 2.77. The van der Waals surface area contributed by atoms with Crippen LogP contribution in [0.2, 0.25) is 0 Å². The number of thiophene rings is 1. The summed E-state index contributed by atoms with van der Waals surface area (Å²) in [6, 6.07) is 7.17. The Balaban J connectivity index is 2.12. The second-order valence-electron chi connectivity index (χ2n) is 6.61. The number of aromatic nitrogens is 2. The highest BCUT2D eigenvalue weighted by Crippen LogP contribution is 2.41. The Labute approximate surface area is 192 Å². The van der Waals surface area contributed by atoms with Gasteiger partial charge in [0.25, 0.3) is 0 Å². The van der Waals surface area contributed by atoms with Crippen LogP contribution in [0, 0.1) is 12.9 Å². The lowest BCUT2D eigenvalue weighted by Crippen LogP contribution is -2.21. The van der Waals surface area contributed by atoms with Crippen LogP contribution in [0.5, 0.6) is 0 Å². The van der Waals surface area contributed by atoms with Gasteiger partial charge in [0.1, 0.15) is 4.21 Å². The van der Waals surface area contributed by atoms with E-state index in [9.17, 15) is 22.4 Å². The minimum atomic E-state index is -4.12. The second kappa shape index (κ2) is 9.98. The summed E-state index contributed by atoms with van der Waals surface area (Å²) in [6.07, 6.45) is 2.65. The zero-order valence-corrected chi connectivity index (χ0v) is 19.0. The van der Waals surface area contributed by atoms with Crippen LogP contribution in [0.25, 0.3) is 11.1 Å². The van der Waals surface area contributed by atoms with Crippen molar-refractivity contribution in [2.24, 2.45) is 0 Å². The zero-order valence-electron chi connectivity index (χ0n) is 17.4. The quantitative estimate of drug-likeness (QED) is 0.211. The third kappa shape index (κ3) is 5.48. The van der Waals surface area contributed by atoms with Gasteiger partial charge in [0.15, 0.2) is 6.23 Å². The lowest BCUT2D eigenvalue weighted by molar-refractivity contribution is -0.145. The smallest absolute Gasteiger partial charge is 0.332 e. The largest absolute Gasteiger partial charge is 0.478 e. The fourth-order valence-corrected chi connectivity index (χ4v) is 5.84. The van der Waals surface area contributed by atoms with Crippen LogP contribution in [0.15, 0.2) is 64.0 Å². The number of ether oxygens (including phenoxy) is 1. The lowest BCUT2D eigenvalue weighted by Gasteiger charge is -2.14. The van der Waals surface area contributed by atoms with Crippen molar-refractivity contribution in [2.75, 3.05) is 7.05 Å². The van der Waals surface area contributed by atoms with Crippen LogP contribution in [0.1, 0.15) is 16.8 Å². The van der Waals surface area contributed by atoms with Gasteiger partial charge in [-0.2, -0.15) is 4.39 Å². The zero-order chi connectivity index (χ0) is 24.2.